The molecule has 1 saturated heterocycles. The molecular weight excluding hydrogens is 400 g/mol. The van der Waals surface area contributed by atoms with E-state index in [0.717, 1.165) is 61.0 Å². The monoisotopic (exact) mass is 432 g/mol. The van der Waals surface area contributed by atoms with Crippen molar-refractivity contribution in [1.29, 1.82) is 0 Å². The van der Waals surface area contributed by atoms with E-state index >= 15 is 0 Å². The first-order valence-electron chi connectivity index (χ1n) is 11.2. The van der Waals surface area contributed by atoms with Gasteiger partial charge in [-0.1, -0.05) is 54.6 Å². The summed E-state index contributed by atoms with van der Waals surface area (Å²) < 4.78 is 17.4. The second kappa shape index (κ2) is 11.0. The van der Waals surface area contributed by atoms with Gasteiger partial charge in [0.2, 0.25) is 0 Å². The molecule has 0 saturated carbocycles. The fraction of sp³-hybridized carbons (Fsp3) is 0.333. The number of ether oxygens (including phenoxy) is 3. The highest BCUT2D eigenvalue weighted by molar-refractivity contribution is 5.51. The van der Waals surface area contributed by atoms with Gasteiger partial charge in [-0.15, -0.1) is 0 Å². The number of hydrogen-bond donors (Lipinski definition) is 1. The van der Waals surface area contributed by atoms with Crippen molar-refractivity contribution in [3.8, 4) is 17.2 Å². The molecular formula is C27H32N2O3. The molecule has 1 atom stereocenters. The van der Waals surface area contributed by atoms with E-state index in [2.05, 4.69) is 52.7 Å². The van der Waals surface area contributed by atoms with Crippen LogP contribution in [-0.4, -0.2) is 45.3 Å². The minimum Gasteiger partial charge on any atom is -0.493 e. The van der Waals surface area contributed by atoms with E-state index in [-0.39, 0.29) is 6.04 Å². The van der Waals surface area contributed by atoms with Crippen molar-refractivity contribution in [2.75, 3.05) is 40.4 Å². The molecule has 1 heterocycles. The predicted octanol–water partition coefficient (Wildman–Crippen LogP) is 4.67. The Hall–Kier alpha value is -3.02. The molecule has 5 nitrogen and oxygen atoms in total. The van der Waals surface area contributed by atoms with Crippen molar-refractivity contribution in [1.82, 2.24) is 10.2 Å². The standard InChI is InChI=1S/C27H32N2O3/c1-30-25-11-6-10-24(27(25)31-2)26(29-18-7-16-28-17-19-29)22-12-14-23(15-13-22)32-20-21-8-4-3-5-9-21/h3-6,8-15,26,28H,7,16-20H2,1-2H3. The maximum atomic E-state index is 6.01. The van der Waals surface area contributed by atoms with Crippen LogP contribution in [0.15, 0.2) is 72.8 Å². The van der Waals surface area contributed by atoms with Crippen molar-refractivity contribution in [3.05, 3.63) is 89.5 Å². The average Bonchev–Trinajstić information content (AvgIpc) is 3.13. The Morgan fingerprint density at radius 3 is 2.41 bits per heavy atom. The number of methoxy groups -OCH3 is 2. The van der Waals surface area contributed by atoms with E-state index in [1.807, 2.05) is 30.3 Å². The van der Waals surface area contributed by atoms with Gasteiger partial charge in [0.15, 0.2) is 11.5 Å². The van der Waals surface area contributed by atoms with Gasteiger partial charge < -0.3 is 19.5 Å². The van der Waals surface area contributed by atoms with Gasteiger partial charge in [-0.25, -0.2) is 0 Å². The summed E-state index contributed by atoms with van der Waals surface area (Å²) in [7, 11) is 3.40. The van der Waals surface area contributed by atoms with Crippen LogP contribution in [-0.2, 0) is 6.61 Å². The topological polar surface area (TPSA) is 43.0 Å². The number of benzene rings is 3. The normalized spacial score (nSPS) is 15.6. The summed E-state index contributed by atoms with van der Waals surface area (Å²) in [6.07, 6.45) is 1.11. The number of rotatable bonds is 8. The fourth-order valence-electron chi connectivity index (χ4n) is 4.33. The largest absolute Gasteiger partial charge is 0.493 e. The van der Waals surface area contributed by atoms with Crippen molar-refractivity contribution in [2.24, 2.45) is 0 Å². The van der Waals surface area contributed by atoms with Crippen LogP contribution >= 0.6 is 0 Å². The van der Waals surface area contributed by atoms with Crippen molar-refractivity contribution < 1.29 is 14.2 Å². The van der Waals surface area contributed by atoms with Crippen LogP contribution in [0.3, 0.4) is 0 Å². The molecule has 0 spiro atoms. The summed E-state index contributed by atoms with van der Waals surface area (Å²) in [6, 6.07) is 24.9. The molecule has 1 N–H and O–H groups in total. The van der Waals surface area contributed by atoms with Crippen LogP contribution < -0.4 is 19.5 Å². The lowest BCUT2D eigenvalue weighted by Crippen LogP contribution is -2.33. The highest BCUT2D eigenvalue weighted by atomic mass is 16.5. The Morgan fingerprint density at radius 2 is 1.66 bits per heavy atom. The van der Waals surface area contributed by atoms with Crippen LogP contribution in [0.4, 0.5) is 0 Å². The smallest absolute Gasteiger partial charge is 0.165 e. The zero-order valence-electron chi connectivity index (χ0n) is 18.9. The maximum Gasteiger partial charge on any atom is 0.165 e. The zero-order valence-corrected chi connectivity index (χ0v) is 18.9. The lowest BCUT2D eigenvalue weighted by molar-refractivity contribution is 0.234. The molecule has 1 unspecified atom stereocenters. The molecule has 32 heavy (non-hydrogen) atoms. The van der Waals surface area contributed by atoms with Gasteiger partial charge in [0, 0.05) is 25.2 Å². The molecule has 0 amide bonds. The number of nitrogens with zero attached hydrogens (tertiary/aromatic N) is 1. The SMILES string of the molecule is COc1cccc(C(c2ccc(OCc3ccccc3)cc2)N2CCCNCC2)c1OC. The highest BCUT2D eigenvalue weighted by Gasteiger charge is 2.27. The lowest BCUT2D eigenvalue weighted by atomic mass is 9.95. The number of hydrogen-bond acceptors (Lipinski definition) is 5. The van der Waals surface area contributed by atoms with E-state index in [1.165, 1.54) is 5.56 Å². The molecule has 168 valence electrons. The fourth-order valence-corrected chi connectivity index (χ4v) is 4.33. The molecule has 0 radical (unpaired) electrons. The van der Waals surface area contributed by atoms with E-state index in [0.29, 0.717) is 6.61 Å². The van der Waals surface area contributed by atoms with Gasteiger partial charge in [-0.3, -0.25) is 4.90 Å². The van der Waals surface area contributed by atoms with Crippen LogP contribution in [0.25, 0.3) is 0 Å². The average molecular weight is 433 g/mol. The summed E-state index contributed by atoms with van der Waals surface area (Å²) in [4.78, 5) is 2.52. The van der Waals surface area contributed by atoms with E-state index in [9.17, 15) is 0 Å². The summed E-state index contributed by atoms with van der Waals surface area (Å²) in [5, 5.41) is 3.51. The second-order valence-corrected chi connectivity index (χ2v) is 7.97. The molecule has 0 aromatic heterocycles. The Bertz CT molecular complexity index is 968. The summed E-state index contributed by atoms with van der Waals surface area (Å²) in [5.74, 6) is 2.42. The number of nitrogens with one attached hydrogen (secondary N) is 1. The minimum atomic E-state index is 0.0723. The summed E-state index contributed by atoms with van der Waals surface area (Å²) >= 11 is 0. The third kappa shape index (κ3) is 5.23. The molecule has 3 aromatic rings. The first kappa shape index (κ1) is 22.2. The molecule has 0 bridgehead atoms. The minimum absolute atomic E-state index is 0.0723. The second-order valence-electron chi connectivity index (χ2n) is 7.97. The predicted molar refractivity (Wildman–Crippen MR) is 128 cm³/mol. The van der Waals surface area contributed by atoms with Crippen LogP contribution in [0.5, 0.6) is 17.2 Å². The molecule has 1 fully saturated rings. The van der Waals surface area contributed by atoms with Crippen LogP contribution in [0.1, 0.15) is 29.2 Å². The van der Waals surface area contributed by atoms with Gasteiger partial charge in [0.25, 0.3) is 0 Å². The Balaban J connectivity index is 1.63. The molecule has 1 aliphatic rings. The zero-order chi connectivity index (χ0) is 22.2. The Morgan fingerprint density at radius 1 is 0.844 bits per heavy atom. The van der Waals surface area contributed by atoms with Crippen molar-refractivity contribution in [3.63, 3.8) is 0 Å². The molecule has 5 heteroatoms. The van der Waals surface area contributed by atoms with Crippen LogP contribution in [0.2, 0.25) is 0 Å². The van der Waals surface area contributed by atoms with Gasteiger partial charge in [-0.05, 0) is 42.3 Å². The first-order valence-corrected chi connectivity index (χ1v) is 11.2. The van der Waals surface area contributed by atoms with Gasteiger partial charge in [0.1, 0.15) is 12.4 Å². The molecule has 3 aromatic carbocycles. The quantitative estimate of drug-likeness (QED) is 0.560. The lowest BCUT2D eigenvalue weighted by Gasteiger charge is -2.32. The summed E-state index contributed by atoms with van der Waals surface area (Å²) in [6.45, 7) is 4.57. The van der Waals surface area contributed by atoms with Gasteiger partial charge in [0.05, 0.1) is 20.3 Å². The van der Waals surface area contributed by atoms with E-state index in [1.54, 1.807) is 14.2 Å². The van der Waals surface area contributed by atoms with Crippen LogP contribution in [0, 0.1) is 0 Å². The Kier molecular flexibility index (Phi) is 7.64. The highest BCUT2D eigenvalue weighted by Crippen LogP contribution is 2.40. The van der Waals surface area contributed by atoms with Gasteiger partial charge >= 0.3 is 0 Å². The van der Waals surface area contributed by atoms with Crippen molar-refractivity contribution in [2.45, 2.75) is 19.1 Å². The van der Waals surface area contributed by atoms with Crippen molar-refractivity contribution >= 4 is 0 Å². The molecule has 0 aliphatic carbocycles. The summed E-state index contributed by atoms with van der Waals surface area (Å²) in [5.41, 5.74) is 3.49. The maximum absolute atomic E-state index is 6.01. The van der Waals surface area contributed by atoms with E-state index < -0.39 is 0 Å². The molecule has 4 rings (SSSR count). The third-order valence-corrected chi connectivity index (χ3v) is 5.91. The van der Waals surface area contributed by atoms with Gasteiger partial charge in [-0.2, -0.15) is 0 Å². The third-order valence-electron chi connectivity index (χ3n) is 5.91. The Labute approximate surface area is 190 Å². The first-order chi connectivity index (χ1) is 15.8. The van der Waals surface area contributed by atoms with E-state index in [4.69, 9.17) is 14.2 Å². The number of para-hydroxylation sites is 1. The molecule has 1 aliphatic heterocycles.